The lowest BCUT2D eigenvalue weighted by molar-refractivity contribution is -0.352. The van der Waals surface area contributed by atoms with Crippen LogP contribution in [0.5, 0.6) is 23.0 Å². The predicted molar refractivity (Wildman–Crippen MR) is 341 cm³/mol. The lowest BCUT2D eigenvalue weighted by Gasteiger charge is -2.58. The first-order chi connectivity index (χ1) is 46.4. The first-order valence-corrected chi connectivity index (χ1v) is 32.6. The zero-order chi connectivity index (χ0) is 71.1. The number of nitrogens with zero attached hydrogens (tertiary/aromatic N) is 6. The summed E-state index contributed by atoms with van der Waals surface area (Å²) in [6, 6.07) is 1.96. The van der Waals surface area contributed by atoms with Gasteiger partial charge in [-0.15, -0.1) is 0 Å². The van der Waals surface area contributed by atoms with Gasteiger partial charge in [-0.05, 0) is 93.0 Å². The van der Waals surface area contributed by atoms with E-state index in [4.69, 9.17) is 47.4 Å². The number of ketones is 2. The molecule has 4 saturated heterocycles. The molecule has 0 aromatic heterocycles. The van der Waals surface area contributed by atoms with Gasteiger partial charge in [0.2, 0.25) is 0 Å². The van der Waals surface area contributed by atoms with Crippen molar-refractivity contribution in [3.8, 4) is 23.0 Å². The average Bonchev–Trinajstić information content (AvgIpc) is 1.66. The van der Waals surface area contributed by atoms with Crippen molar-refractivity contribution in [2.45, 2.75) is 202 Å². The van der Waals surface area contributed by atoms with E-state index >= 15 is 9.59 Å². The highest BCUT2D eigenvalue weighted by molar-refractivity contribution is 6.25. The molecule has 30 heteroatoms. The first kappa shape index (κ1) is 70.6. The van der Waals surface area contributed by atoms with Gasteiger partial charge in [0.05, 0.1) is 105 Å². The van der Waals surface area contributed by atoms with Crippen LogP contribution in [0.3, 0.4) is 0 Å². The maximum absolute atomic E-state index is 17.9. The summed E-state index contributed by atoms with van der Waals surface area (Å²) in [5.41, 5.74) is 11.4. The van der Waals surface area contributed by atoms with Gasteiger partial charge in [0.25, 0.3) is 0 Å². The van der Waals surface area contributed by atoms with Crippen LogP contribution < -0.4 is 32.4 Å². The summed E-state index contributed by atoms with van der Waals surface area (Å²) < 4.78 is 67.5. The molecule has 22 atom stereocenters. The molecule has 4 aliphatic heterocycles. The third-order valence-corrected chi connectivity index (χ3v) is 21.6. The fourth-order valence-corrected chi connectivity index (χ4v) is 17.2. The van der Waals surface area contributed by atoms with E-state index in [1.807, 2.05) is 0 Å². The van der Waals surface area contributed by atoms with Gasteiger partial charge in [0, 0.05) is 61.8 Å². The van der Waals surface area contributed by atoms with E-state index in [0.29, 0.717) is 0 Å². The minimum atomic E-state index is -2.67. The Morgan fingerprint density at radius 3 is 1.06 bits per heavy atom. The van der Waals surface area contributed by atoms with E-state index in [1.165, 1.54) is 41.9 Å². The van der Waals surface area contributed by atoms with Crippen LogP contribution in [0.15, 0.2) is 43.4 Å². The molecule has 4 fully saturated rings. The fraction of sp³-hybridized carbons (Fsp3) is 0.588. The maximum atomic E-state index is 17.9. The van der Waals surface area contributed by atoms with Crippen LogP contribution in [0.25, 0.3) is 54.2 Å². The van der Waals surface area contributed by atoms with Crippen molar-refractivity contribution < 1.29 is 107 Å². The second-order valence-electron chi connectivity index (χ2n) is 27.2. The number of carbonyl (C=O) groups excluding carboxylic acids is 2. The van der Waals surface area contributed by atoms with Gasteiger partial charge < -0.3 is 109 Å². The number of aliphatic hydroxyl groups is 4. The number of fused-ring (bicyclic) bond motifs is 8. The highest BCUT2D eigenvalue weighted by Gasteiger charge is 2.71. The van der Waals surface area contributed by atoms with Crippen LogP contribution in [0, 0.1) is 11.8 Å². The molecule has 0 unspecified atom stereocenters. The number of phenolic OH excluding ortho intramolecular Hbond substituents is 4. The molecular weight excluding hydrogens is 1280 g/mol. The number of hydrogen-bond acceptors (Lipinski definition) is 26. The predicted octanol–water partition coefficient (Wildman–Crippen LogP) is 1.22. The van der Waals surface area contributed by atoms with Crippen LogP contribution in [0.1, 0.15) is 124 Å². The maximum Gasteiger partial charge on any atom is 0.333 e. The van der Waals surface area contributed by atoms with E-state index in [2.05, 4.69) is 9.58 Å². The minimum Gasteiger partial charge on any atom is -0.506 e. The summed E-state index contributed by atoms with van der Waals surface area (Å²) in [4.78, 5) is 103. The van der Waals surface area contributed by atoms with E-state index in [-0.39, 0.29) is 25.7 Å². The highest BCUT2D eigenvalue weighted by Crippen LogP contribution is 2.63. The summed E-state index contributed by atoms with van der Waals surface area (Å²) >= 11 is 0. The Labute approximate surface area is 558 Å². The number of Topliss-reactive ketones (excluding diaryl/α,β-unsaturated/α-hetero) is 2. The molecule has 0 amide bonds. The molecule has 12 rings (SSSR count). The molecule has 2 aliphatic carbocycles. The number of benzene rings is 4. The normalized spacial score (nSPS) is 35.4. The number of ether oxygens (including phenoxy) is 10. The smallest absolute Gasteiger partial charge is 0.333 e. The van der Waals surface area contributed by atoms with Crippen molar-refractivity contribution in [2.75, 3.05) is 42.4 Å². The second-order valence-corrected chi connectivity index (χ2v) is 27.2. The highest BCUT2D eigenvalue weighted by atomic mass is 16.7. The molecule has 6 aliphatic rings. The lowest BCUT2D eigenvalue weighted by atomic mass is 9.55. The third kappa shape index (κ3) is 10.5. The Bertz CT molecular complexity index is 4300. The molecule has 6 aromatic carbocycles. The molecule has 0 spiro atoms. The van der Waals surface area contributed by atoms with Crippen molar-refractivity contribution in [2.24, 2.45) is 11.8 Å². The van der Waals surface area contributed by atoms with Crippen LogP contribution in [0.4, 0.5) is 0 Å². The van der Waals surface area contributed by atoms with Crippen molar-refractivity contribution >= 4 is 54.7 Å². The Morgan fingerprint density at radius 1 is 0.480 bits per heavy atom. The molecular formula is C68H80N6O24. The summed E-state index contributed by atoms with van der Waals surface area (Å²) in [6.45, 7) is 9.33. The van der Waals surface area contributed by atoms with Crippen molar-refractivity contribution in [1.29, 1.82) is 0 Å². The summed E-state index contributed by atoms with van der Waals surface area (Å²) in [7, 11) is 9.47. The molecule has 8 N–H and O–H groups in total. The van der Waals surface area contributed by atoms with E-state index in [0.717, 1.165) is 24.3 Å². The molecule has 30 nitrogen and oxygen atoms in total. The number of rotatable bonds is 15. The molecule has 4 heterocycles. The average molecular weight is 1370 g/mol. The van der Waals surface area contributed by atoms with Gasteiger partial charge in [-0.1, -0.05) is 13.8 Å². The number of aliphatic hydroxyl groups excluding tert-OH is 4. The quantitative estimate of drug-likeness (QED) is 0.0407. The molecule has 0 saturated carbocycles. The minimum absolute atomic E-state index is 0.351. The number of hydrogen-bond donors (Lipinski definition) is 8. The topological polar surface area (TPSA) is 436 Å². The van der Waals surface area contributed by atoms with Gasteiger partial charge in [0.15, 0.2) is 58.4 Å². The number of phenols is 4. The number of methoxy groups -OCH3 is 2. The SMILES string of the molecule is CC[C@@]1(O[C@@H]2C[C@H](OC)[C@@H](O)[C@H](C)O2)[C@H](O[C@H]2C[C@@H](O)[C@H](N(C)C)[C@@H](C)O2)c2c(c3c(O)c4c(=O)ccc(=O)c4c(O)c3c2=[N+]=[N-])C(=O)[C@H]1[C@@H]1C(=O)c2c(c(=[N+]=[N-])c3c(O)c4c(=O)ccc(=O)c4c(O)c23)[C@@H](O[C@H]2C[C@@H](O)[C@H](N(C)C)[C@@H](C)O2)[C@@]1(CC)O[C@H]1C[C@@H](OC)[C@H](O)[C@@H](C)O1. The molecule has 0 bridgehead atoms. The largest absolute Gasteiger partial charge is 0.506 e. The van der Waals surface area contributed by atoms with Crippen molar-refractivity contribution in [3.63, 3.8) is 0 Å². The van der Waals surface area contributed by atoms with Crippen LogP contribution >= 0.6 is 0 Å². The monoisotopic (exact) mass is 1360 g/mol. The first-order valence-electron chi connectivity index (χ1n) is 32.6. The van der Waals surface area contributed by atoms with E-state index < -0.39 is 279 Å². The molecule has 526 valence electrons. The third-order valence-electron chi connectivity index (χ3n) is 21.6. The number of aromatic hydroxyl groups is 4. The number of carbonyl (C=O) groups is 2. The zero-order valence-electron chi connectivity index (χ0n) is 55.9. The van der Waals surface area contributed by atoms with Crippen LogP contribution in [-0.4, -0.2) is 224 Å². The Balaban J connectivity index is 1.27. The van der Waals surface area contributed by atoms with E-state index in [1.54, 1.807) is 51.8 Å². The van der Waals surface area contributed by atoms with Gasteiger partial charge in [0.1, 0.15) is 69.4 Å². The van der Waals surface area contributed by atoms with Crippen molar-refractivity contribution in [3.05, 3.63) is 109 Å². The summed E-state index contributed by atoms with van der Waals surface area (Å²) in [5, 5.41) is 90.9. The Kier molecular flexibility index (Phi) is 18.8. The van der Waals surface area contributed by atoms with Gasteiger partial charge in [-0.2, -0.15) is 9.58 Å². The van der Waals surface area contributed by atoms with Gasteiger partial charge in [-0.25, -0.2) is 0 Å². The molecule has 98 heavy (non-hydrogen) atoms. The molecule has 6 aromatic rings. The fourth-order valence-electron chi connectivity index (χ4n) is 17.2. The lowest BCUT2D eigenvalue weighted by Crippen LogP contribution is -2.68. The summed E-state index contributed by atoms with van der Waals surface area (Å²) in [5.74, 6) is -11.6. The zero-order valence-corrected chi connectivity index (χ0v) is 55.9. The standard InChI is InChI=1S/C68H80N6O24/c1-13-67(97-37-21-33(89-11)57(81)25(5)93-37)51(63(87)45-43-47(61(85)41-29(77)17-15-27(75)39(41)59(43)83)53(71-69)49(45)65(67)95-35-19-31(79)55(73(7)8)23(3)91-35)52-64(88)46-44-48(62(86)42-30(78)18-16-28(76)40(42)60(44)84)54(72-70)50(46)66(96-36-20-32(80)56(74(9)10)24(4)92-36)68(52,14-2)98-38-22-34(90-12)58(82)26(6)94-38/h15-18,23-26,31-38,51-52,55-58,65-66,79-86H,13-14,19-22H2,1-12H3/t23-,24-,25-,26+,31-,32-,33-,34+,35+,36+,37+,38-,51-,52-,55-,56-,57-,58+,65-,66-,67+,68+/m1/s1. The van der Waals surface area contributed by atoms with Gasteiger partial charge >= 0.3 is 10.7 Å². The van der Waals surface area contributed by atoms with Gasteiger partial charge in [-0.3, -0.25) is 28.8 Å². The van der Waals surface area contributed by atoms with Crippen LogP contribution in [-0.2, 0) is 47.4 Å². The summed E-state index contributed by atoms with van der Waals surface area (Å²) in [6.07, 6.45) is -24.5. The van der Waals surface area contributed by atoms with E-state index in [9.17, 15) is 71.1 Å². The van der Waals surface area contributed by atoms with Crippen molar-refractivity contribution in [1.82, 2.24) is 9.80 Å². The molecule has 0 radical (unpaired) electrons. The number of likely N-dealkylation sites (N-methyl/N-ethyl adjacent to an activating group) is 2. The second kappa shape index (κ2) is 26.0. The van der Waals surface area contributed by atoms with Crippen LogP contribution in [0.2, 0.25) is 0 Å². The Hall–Kier alpha value is -7.26. The Morgan fingerprint density at radius 2 is 0.786 bits per heavy atom.